The number of carbonyl (C=O) groups excluding carboxylic acids is 1. The van der Waals surface area contributed by atoms with Crippen LogP contribution in [-0.2, 0) is 4.79 Å². The zero-order valence-corrected chi connectivity index (χ0v) is 12.4. The van der Waals surface area contributed by atoms with Crippen molar-refractivity contribution in [2.24, 2.45) is 11.8 Å². The molecule has 1 N–H and O–H groups in total. The third-order valence-electron chi connectivity index (χ3n) is 3.78. The molecule has 0 aromatic carbocycles. The summed E-state index contributed by atoms with van der Waals surface area (Å²) >= 11 is 3.44. The monoisotopic (exact) mass is 302 g/mol. The molecule has 0 aromatic rings. The summed E-state index contributed by atoms with van der Waals surface area (Å²) in [5.41, 5.74) is 0. The van der Waals surface area contributed by atoms with E-state index < -0.39 is 0 Å². The van der Waals surface area contributed by atoms with E-state index in [2.05, 4.69) is 40.0 Å². The maximum Gasteiger partial charge on any atom is 0.234 e. The van der Waals surface area contributed by atoms with Crippen LogP contribution in [0.2, 0.25) is 0 Å². The van der Waals surface area contributed by atoms with Gasteiger partial charge in [0.2, 0.25) is 5.91 Å². The van der Waals surface area contributed by atoms with Crippen LogP contribution in [0.5, 0.6) is 0 Å². The Morgan fingerprint density at radius 3 is 2.71 bits per heavy atom. The standard InChI is InChI=1S/C13H23BrN2O/c1-9(2)12(14)13(17)15-7-10-5-6-16(8-10)11-3-4-11/h9-12H,3-8H2,1-2H3,(H,15,17). The molecule has 2 fully saturated rings. The molecule has 0 aromatic heterocycles. The molecule has 1 amide bonds. The van der Waals surface area contributed by atoms with E-state index in [4.69, 9.17) is 0 Å². The van der Waals surface area contributed by atoms with Gasteiger partial charge in [-0.15, -0.1) is 0 Å². The smallest absolute Gasteiger partial charge is 0.234 e. The summed E-state index contributed by atoms with van der Waals surface area (Å²) in [5.74, 6) is 1.15. The summed E-state index contributed by atoms with van der Waals surface area (Å²) in [6.07, 6.45) is 4.01. The topological polar surface area (TPSA) is 32.3 Å². The van der Waals surface area contributed by atoms with Crippen molar-refractivity contribution in [3.05, 3.63) is 0 Å². The van der Waals surface area contributed by atoms with Crippen molar-refractivity contribution < 1.29 is 4.79 Å². The fourth-order valence-corrected chi connectivity index (χ4v) is 2.61. The molecule has 2 atom stereocenters. The van der Waals surface area contributed by atoms with Gasteiger partial charge in [0, 0.05) is 19.1 Å². The highest BCUT2D eigenvalue weighted by Gasteiger charge is 2.34. The Bertz CT molecular complexity index is 279. The SMILES string of the molecule is CC(C)C(Br)C(=O)NCC1CCN(C2CC2)C1. The van der Waals surface area contributed by atoms with Gasteiger partial charge in [0.25, 0.3) is 0 Å². The summed E-state index contributed by atoms with van der Waals surface area (Å²) in [5, 5.41) is 3.07. The van der Waals surface area contributed by atoms with Crippen molar-refractivity contribution in [2.75, 3.05) is 19.6 Å². The number of hydrogen-bond acceptors (Lipinski definition) is 2. The minimum absolute atomic E-state index is 0.0524. The number of nitrogens with zero attached hydrogens (tertiary/aromatic N) is 1. The first kappa shape index (κ1) is 13.3. The fourth-order valence-electron chi connectivity index (χ4n) is 2.45. The fraction of sp³-hybridized carbons (Fsp3) is 0.923. The van der Waals surface area contributed by atoms with Crippen molar-refractivity contribution in [3.8, 4) is 0 Å². The number of amides is 1. The molecule has 1 saturated carbocycles. The molecule has 2 rings (SSSR count). The van der Waals surface area contributed by atoms with E-state index in [-0.39, 0.29) is 10.7 Å². The second kappa shape index (κ2) is 5.70. The Hall–Kier alpha value is -0.0900. The number of halogens is 1. The van der Waals surface area contributed by atoms with Crippen LogP contribution < -0.4 is 5.32 Å². The first-order chi connectivity index (χ1) is 8.08. The maximum atomic E-state index is 11.8. The van der Waals surface area contributed by atoms with Crippen LogP contribution >= 0.6 is 15.9 Å². The molecule has 0 radical (unpaired) electrons. The van der Waals surface area contributed by atoms with Gasteiger partial charge in [0.15, 0.2) is 0 Å². The van der Waals surface area contributed by atoms with Gasteiger partial charge in [-0.2, -0.15) is 0 Å². The second-order valence-corrected chi connectivity index (χ2v) is 6.76. The lowest BCUT2D eigenvalue weighted by molar-refractivity contribution is -0.121. The van der Waals surface area contributed by atoms with Crippen LogP contribution in [0.3, 0.4) is 0 Å². The zero-order valence-electron chi connectivity index (χ0n) is 10.8. The lowest BCUT2D eigenvalue weighted by Crippen LogP contribution is -2.37. The summed E-state index contributed by atoms with van der Waals surface area (Å²) in [6.45, 7) is 7.37. The van der Waals surface area contributed by atoms with E-state index in [0.29, 0.717) is 11.8 Å². The first-order valence-corrected chi connectivity index (χ1v) is 7.65. The van der Waals surface area contributed by atoms with E-state index >= 15 is 0 Å². The third-order valence-corrected chi connectivity index (χ3v) is 5.25. The predicted octanol–water partition coefficient (Wildman–Crippen LogP) is 2.01. The number of alkyl halides is 1. The van der Waals surface area contributed by atoms with E-state index in [1.165, 1.54) is 32.4 Å². The number of hydrogen-bond donors (Lipinski definition) is 1. The first-order valence-electron chi connectivity index (χ1n) is 6.73. The number of nitrogens with one attached hydrogen (secondary N) is 1. The highest BCUT2D eigenvalue weighted by molar-refractivity contribution is 9.10. The Morgan fingerprint density at radius 2 is 2.12 bits per heavy atom. The van der Waals surface area contributed by atoms with E-state index in [0.717, 1.165) is 12.6 Å². The average Bonchev–Trinajstić information content (AvgIpc) is 3.05. The number of rotatable bonds is 5. The molecule has 1 heterocycles. The third kappa shape index (κ3) is 3.68. The highest BCUT2D eigenvalue weighted by atomic mass is 79.9. The van der Waals surface area contributed by atoms with Gasteiger partial charge in [-0.25, -0.2) is 0 Å². The molecule has 0 bridgehead atoms. The summed E-state index contributed by atoms with van der Waals surface area (Å²) < 4.78 is 0. The number of likely N-dealkylation sites (tertiary alicyclic amines) is 1. The Morgan fingerprint density at radius 1 is 1.41 bits per heavy atom. The van der Waals surface area contributed by atoms with Gasteiger partial charge in [0.1, 0.15) is 0 Å². The van der Waals surface area contributed by atoms with Crippen LogP contribution in [0.4, 0.5) is 0 Å². The molecule has 1 aliphatic carbocycles. The van der Waals surface area contributed by atoms with Crippen LogP contribution in [0.15, 0.2) is 0 Å². The zero-order chi connectivity index (χ0) is 12.4. The van der Waals surface area contributed by atoms with Crippen molar-refractivity contribution in [1.29, 1.82) is 0 Å². The molecule has 0 spiro atoms. The molecule has 3 nitrogen and oxygen atoms in total. The van der Waals surface area contributed by atoms with Crippen LogP contribution in [0.25, 0.3) is 0 Å². The van der Waals surface area contributed by atoms with Gasteiger partial charge in [-0.05, 0) is 37.6 Å². The van der Waals surface area contributed by atoms with Gasteiger partial charge < -0.3 is 10.2 Å². The van der Waals surface area contributed by atoms with E-state index in [1.807, 2.05) is 0 Å². The molecule has 2 aliphatic rings. The van der Waals surface area contributed by atoms with E-state index in [9.17, 15) is 4.79 Å². The second-order valence-electron chi connectivity index (χ2n) is 5.77. The molecule has 2 unspecified atom stereocenters. The summed E-state index contributed by atoms with van der Waals surface area (Å²) in [4.78, 5) is 14.3. The normalized spacial score (nSPS) is 27.4. The molecule has 17 heavy (non-hydrogen) atoms. The highest BCUT2D eigenvalue weighted by Crippen LogP contribution is 2.31. The quantitative estimate of drug-likeness (QED) is 0.788. The number of carbonyl (C=O) groups is 1. The lowest BCUT2D eigenvalue weighted by atomic mass is 10.1. The van der Waals surface area contributed by atoms with Gasteiger partial charge in [-0.3, -0.25) is 4.79 Å². The summed E-state index contributed by atoms with van der Waals surface area (Å²) in [7, 11) is 0. The Labute approximate surface area is 112 Å². The average molecular weight is 303 g/mol. The lowest BCUT2D eigenvalue weighted by Gasteiger charge is -2.17. The van der Waals surface area contributed by atoms with Crippen LogP contribution in [0.1, 0.15) is 33.1 Å². The van der Waals surface area contributed by atoms with Gasteiger partial charge in [0.05, 0.1) is 4.83 Å². The van der Waals surface area contributed by atoms with Crippen LogP contribution in [0, 0.1) is 11.8 Å². The van der Waals surface area contributed by atoms with Crippen molar-refractivity contribution in [2.45, 2.75) is 44.0 Å². The van der Waals surface area contributed by atoms with Crippen molar-refractivity contribution in [3.63, 3.8) is 0 Å². The molecular weight excluding hydrogens is 280 g/mol. The molecule has 1 aliphatic heterocycles. The minimum Gasteiger partial charge on any atom is -0.355 e. The molecule has 4 heteroatoms. The minimum atomic E-state index is -0.0524. The maximum absolute atomic E-state index is 11.8. The molecular formula is C13H23BrN2O. The van der Waals surface area contributed by atoms with Crippen LogP contribution in [-0.4, -0.2) is 41.3 Å². The van der Waals surface area contributed by atoms with Crippen molar-refractivity contribution in [1.82, 2.24) is 10.2 Å². The van der Waals surface area contributed by atoms with Gasteiger partial charge in [-0.1, -0.05) is 29.8 Å². The Kier molecular flexibility index (Phi) is 4.47. The van der Waals surface area contributed by atoms with Gasteiger partial charge >= 0.3 is 0 Å². The molecule has 98 valence electrons. The van der Waals surface area contributed by atoms with Crippen molar-refractivity contribution >= 4 is 21.8 Å². The Balaban J connectivity index is 1.66. The van der Waals surface area contributed by atoms with E-state index in [1.54, 1.807) is 0 Å². The molecule has 1 saturated heterocycles. The summed E-state index contributed by atoms with van der Waals surface area (Å²) in [6, 6.07) is 0.871. The predicted molar refractivity (Wildman–Crippen MR) is 73.3 cm³/mol. The largest absolute Gasteiger partial charge is 0.355 e.